The highest BCUT2D eigenvalue weighted by Gasteiger charge is 2.04. The molecule has 1 aromatic carbocycles. The van der Waals surface area contributed by atoms with E-state index in [1.54, 1.807) is 7.11 Å². The molecule has 90 valence electrons. The molecule has 0 aliphatic rings. The van der Waals surface area contributed by atoms with Gasteiger partial charge in [0.15, 0.2) is 0 Å². The van der Waals surface area contributed by atoms with Gasteiger partial charge in [0.05, 0.1) is 6.10 Å². The van der Waals surface area contributed by atoms with Crippen molar-refractivity contribution in [3.05, 3.63) is 35.5 Å². The Hall–Kier alpha value is -1.32. The zero-order valence-electron chi connectivity index (χ0n) is 9.90. The Labute approximate surface area is 106 Å². The molecule has 2 rings (SSSR count). The molecule has 1 N–H and O–H groups in total. The largest absolute Gasteiger partial charge is 0.380 e. The second-order valence-corrected chi connectivity index (χ2v) is 4.30. The normalized spacial score (nSPS) is 12.6. The van der Waals surface area contributed by atoms with Gasteiger partial charge in [-0.25, -0.2) is 4.98 Å². The summed E-state index contributed by atoms with van der Waals surface area (Å²) in [6, 6.07) is 9.92. The average molecular weight is 251 g/mol. The van der Waals surface area contributed by atoms with Crippen molar-refractivity contribution in [2.75, 3.05) is 19.0 Å². The summed E-state index contributed by atoms with van der Waals surface area (Å²) in [4.78, 5) is 4.31. The maximum atomic E-state index is 6.13. The monoisotopic (exact) mass is 250 g/mol. The number of ether oxygens (including phenoxy) is 1. The SMILES string of the molecule is COC(C)CNc1cc2ccccc2c(Cl)n1. The summed E-state index contributed by atoms with van der Waals surface area (Å²) in [7, 11) is 1.69. The van der Waals surface area contributed by atoms with Gasteiger partial charge in [-0.3, -0.25) is 0 Å². The molecule has 4 heteroatoms. The molecule has 0 saturated carbocycles. The summed E-state index contributed by atoms with van der Waals surface area (Å²) in [6.07, 6.45) is 0.141. The van der Waals surface area contributed by atoms with Crippen LogP contribution in [-0.4, -0.2) is 24.7 Å². The number of nitrogens with zero attached hydrogens (tertiary/aromatic N) is 1. The van der Waals surface area contributed by atoms with Gasteiger partial charge in [-0.2, -0.15) is 0 Å². The highest BCUT2D eigenvalue weighted by Crippen LogP contribution is 2.24. The van der Waals surface area contributed by atoms with E-state index >= 15 is 0 Å². The van der Waals surface area contributed by atoms with Crippen LogP contribution in [0.3, 0.4) is 0 Å². The highest BCUT2D eigenvalue weighted by molar-refractivity contribution is 6.34. The number of fused-ring (bicyclic) bond motifs is 1. The third kappa shape index (κ3) is 2.87. The van der Waals surface area contributed by atoms with Gasteiger partial charge in [-0.15, -0.1) is 0 Å². The number of methoxy groups -OCH3 is 1. The van der Waals surface area contributed by atoms with Crippen molar-refractivity contribution in [1.29, 1.82) is 0 Å². The minimum absolute atomic E-state index is 0.141. The molecule has 0 amide bonds. The number of aromatic nitrogens is 1. The van der Waals surface area contributed by atoms with E-state index in [0.29, 0.717) is 11.7 Å². The predicted octanol–water partition coefficient (Wildman–Crippen LogP) is 3.34. The highest BCUT2D eigenvalue weighted by atomic mass is 35.5. The van der Waals surface area contributed by atoms with E-state index in [1.807, 2.05) is 37.3 Å². The third-order valence-electron chi connectivity index (χ3n) is 2.67. The van der Waals surface area contributed by atoms with Gasteiger partial charge >= 0.3 is 0 Å². The van der Waals surface area contributed by atoms with Crippen LogP contribution in [0.25, 0.3) is 10.8 Å². The first-order valence-corrected chi connectivity index (χ1v) is 5.90. The van der Waals surface area contributed by atoms with Gasteiger partial charge in [0.1, 0.15) is 11.0 Å². The number of benzene rings is 1. The van der Waals surface area contributed by atoms with Crippen LogP contribution in [0.15, 0.2) is 30.3 Å². The van der Waals surface area contributed by atoms with Gasteiger partial charge in [0.2, 0.25) is 0 Å². The molecule has 3 nitrogen and oxygen atoms in total. The molecule has 1 heterocycles. The molecule has 17 heavy (non-hydrogen) atoms. The summed E-state index contributed by atoms with van der Waals surface area (Å²) in [5.74, 6) is 0.776. The van der Waals surface area contributed by atoms with E-state index in [9.17, 15) is 0 Å². The molecule has 0 radical (unpaired) electrons. The third-order valence-corrected chi connectivity index (χ3v) is 2.95. The number of halogens is 1. The van der Waals surface area contributed by atoms with Crippen LogP contribution in [-0.2, 0) is 4.74 Å². The van der Waals surface area contributed by atoms with Crippen LogP contribution in [0.1, 0.15) is 6.92 Å². The number of anilines is 1. The van der Waals surface area contributed by atoms with Gasteiger partial charge in [-0.1, -0.05) is 35.9 Å². The molecular weight excluding hydrogens is 236 g/mol. The molecule has 2 aromatic rings. The van der Waals surface area contributed by atoms with E-state index in [-0.39, 0.29) is 6.10 Å². The summed E-state index contributed by atoms with van der Waals surface area (Å²) in [6.45, 7) is 2.70. The van der Waals surface area contributed by atoms with Crippen LogP contribution in [0, 0.1) is 0 Å². The van der Waals surface area contributed by atoms with Gasteiger partial charge in [-0.05, 0) is 18.4 Å². The first kappa shape index (κ1) is 12.1. The maximum absolute atomic E-state index is 6.13. The van der Waals surface area contributed by atoms with Crippen molar-refractivity contribution in [1.82, 2.24) is 4.98 Å². The molecular formula is C13H15ClN2O. The first-order chi connectivity index (χ1) is 8.20. The van der Waals surface area contributed by atoms with Crippen molar-refractivity contribution < 1.29 is 4.74 Å². The Balaban J connectivity index is 2.24. The zero-order chi connectivity index (χ0) is 12.3. The van der Waals surface area contributed by atoms with Gasteiger partial charge in [0.25, 0.3) is 0 Å². The lowest BCUT2D eigenvalue weighted by Crippen LogP contribution is -2.18. The minimum atomic E-state index is 0.141. The number of hydrogen-bond donors (Lipinski definition) is 1. The average Bonchev–Trinajstić information content (AvgIpc) is 2.36. The molecule has 0 aliphatic heterocycles. The molecule has 0 aliphatic carbocycles. The Morgan fingerprint density at radius 2 is 2.18 bits per heavy atom. The summed E-state index contributed by atoms with van der Waals surface area (Å²) >= 11 is 6.13. The van der Waals surface area contributed by atoms with E-state index < -0.39 is 0 Å². The van der Waals surface area contributed by atoms with Crippen LogP contribution in [0.5, 0.6) is 0 Å². The number of rotatable bonds is 4. The zero-order valence-corrected chi connectivity index (χ0v) is 10.7. The fourth-order valence-electron chi connectivity index (χ4n) is 1.58. The maximum Gasteiger partial charge on any atom is 0.139 e. The summed E-state index contributed by atoms with van der Waals surface area (Å²) < 4.78 is 5.17. The van der Waals surface area contributed by atoms with Crippen LogP contribution in [0.4, 0.5) is 5.82 Å². The lowest BCUT2D eigenvalue weighted by molar-refractivity contribution is 0.128. The second kappa shape index (κ2) is 5.34. The molecule has 1 atom stereocenters. The molecule has 0 spiro atoms. The Morgan fingerprint density at radius 1 is 1.41 bits per heavy atom. The predicted molar refractivity (Wildman–Crippen MR) is 71.7 cm³/mol. The van der Waals surface area contributed by atoms with Crippen molar-refractivity contribution in [3.63, 3.8) is 0 Å². The van der Waals surface area contributed by atoms with E-state index in [0.717, 1.165) is 16.6 Å². The van der Waals surface area contributed by atoms with Gasteiger partial charge in [0, 0.05) is 19.0 Å². The van der Waals surface area contributed by atoms with Crippen LogP contribution in [0.2, 0.25) is 5.15 Å². The standard InChI is InChI=1S/C13H15ClN2O/c1-9(17-2)8-15-12-7-10-5-3-4-6-11(10)13(14)16-12/h3-7,9H,8H2,1-2H3,(H,15,16). The Kier molecular flexibility index (Phi) is 3.82. The molecule has 1 unspecified atom stereocenters. The Bertz CT molecular complexity index is 516. The van der Waals surface area contributed by atoms with Crippen LogP contribution >= 0.6 is 11.6 Å². The van der Waals surface area contributed by atoms with Crippen molar-refractivity contribution in [2.45, 2.75) is 13.0 Å². The quantitative estimate of drug-likeness (QED) is 0.846. The second-order valence-electron chi connectivity index (χ2n) is 3.95. The summed E-state index contributed by atoms with van der Waals surface area (Å²) in [5.41, 5.74) is 0. The number of pyridine rings is 1. The molecule has 0 saturated heterocycles. The van der Waals surface area contributed by atoms with E-state index in [1.165, 1.54) is 0 Å². The lowest BCUT2D eigenvalue weighted by atomic mass is 10.2. The van der Waals surface area contributed by atoms with Gasteiger partial charge < -0.3 is 10.1 Å². The minimum Gasteiger partial charge on any atom is -0.380 e. The smallest absolute Gasteiger partial charge is 0.139 e. The van der Waals surface area contributed by atoms with Crippen LogP contribution < -0.4 is 5.32 Å². The number of hydrogen-bond acceptors (Lipinski definition) is 3. The van der Waals surface area contributed by atoms with Crippen molar-refractivity contribution in [3.8, 4) is 0 Å². The fraction of sp³-hybridized carbons (Fsp3) is 0.308. The lowest BCUT2D eigenvalue weighted by Gasteiger charge is -2.12. The van der Waals surface area contributed by atoms with Crippen molar-refractivity contribution >= 4 is 28.2 Å². The Morgan fingerprint density at radius 3 is 2.94 bits per heavy atom. The van der Waals surface area contributed by atoms with E-state index in [4.69, 9.17) is 16.3 Å². The topological polar surface area (TPSA) is 34.1 Å². The molecule has 0 fully saturated rings. The molecule has 0 bridgehead atoms. The molecule has 1 aromatic heterocycles. The fourth-order valence-corrected chi connectivity index (χ4v) is 1.84. The number of nitrogens with one attached hydrogen (secondary N) is 1. The van der Waals surface area contributed by atoms with Crippen molar-refractivity contribution in [2.24, 2.45) is 0 Å². The first-order valence-electron chi connectivity index (χ1n) is 5.52. The summed E-state index contributed by atoms with van der Waals surface area (Å²) in [5, 5.41) is 5.79. The van der Waals surface area contributed by atoms with E-state index in [2.05, 4.69) is 10.3 Å².